The number of carbonyl (C=O) groups excluding carboxylic acids is 1. The Kier molecular flexibility index (Phi) is 6.69. The Bertz CT molecular complexity index is 1140. The lowest BCUT2D eigenvalue weighted by Gasteiger charge is -2.20. The first-order valence-corrected chi connectivity index (χ1v) is 11.5. The van der Waals surface area contributed by atoms with E-state index in [1.165, 1.54) is 30.4 Å². The zero-order valence-corrected chi connectivity index (χ0v) is 19.2. The van der Waals surface area contributed by atoms with Gasteiger partial charge in [-0.2, -0.15) is 10.2 Å². The summed E-state index contributed by atoms with van der Waals surface area (Å²) in [4.78, 5) is 28.4. The summed E-state index contributed by atoms with van der Waals surface area (Å²) in [6.07, 6.45) is 5.02. The summed E-state index contributed by atoms with van der Waals surface area (Å²) in [7, 11) is 0. The Labute approximate surface area is 188 Å². The molecule has 0 bridgehead atoms. The van der Waals surface area contributed by atoms with E-state index in [1.807, 2.05) is 44.2 Å². The van der Waals surface area contributed by atoms with E-state index in [-0.39, 0.29) is 11.5 Å². The molecule has 1 fully saturated rings. The molecule has 1 aliphatic heterocycles. The molecule has 2 aromatic heterocycles. The van der Waals surface area contributed by atoms with Crippen molar-refractivity contribution >= 4 is 16.8 Å². The standard InChI is InChI=1S/C24H32N6O2/c1-17-21-18(2)29(20-11-7-6-8-12-20)27-22(21)24(32)30(26-17)19(3)23(31)25-13-16-28-14-9-4-5-10-15-28/h6-8,11-12,19H,4-5,9-10,13-16H2,1-3H3,(H,25,31)/t19-/m1/s1. The molecule has 0 radical (unpaired) electrons. The number of likely N-dealkylation sites (tertiary alicyclic amines) is 1. The fraction of sp³-hybridized carbons (Fsp3) is 0.500. The molecule has 0 spiro atoms. The first kappa shape index (κ1) is 22.2. The van der Waals surface area contributed by atoms with E-state index >= 15 is 0 Å². The van der Waals surface area contributed by atoms with Crippen molar-refractivity contribution in [1.29, 1.82) is 0 Å². The molecule has 0 unspecified atom stereocenters. The van der Waals surface area contributed by atoms with Crippen LogP contribution in [0.2, 0.25) is 0 Å². The van der Waals surface area contributed by atoms with Crippen LogP contribution in [-0.2, 0) is 4.79 Å². The van der Waals surface area contributed by atoms with Crippen LogP contribution in [0.25, 0.3) is 16.6 Å². The number of carbonyl (C=O) groups is 1. The smallest absolute Gasteiger partial charge is 0.295 e. The molecular formula is C24H32N6O2. The number of nitrogens with zero attached hydrogens (tertiary/aromatic N) is 5. The van der Waals surface area contributed by atoms with Crippen molar-refractivity contribution in [2.24, 2.45) is 0 Å². The maximum Gasteiger partial charge on any atom is 0.295 e. The maximum absolute atomic E-state index is 13.2. The lowest BCUT2D eigenvalue weighted by atomic mass is 10.2. The normalized spacial score (nSPS) is 16.1. The van der Waals surface area contributed by atoms with Crippen LogP contribution in [-0.4, -0.2) is 56.5 Å². The van der Waals surface area contributed by atoms with Gasteiger partial charge in [-0.15, -0.1) is 0 Å². The molecule has 4 rings (SSSR count). The first-order chi connectivity index (χ1) is 15.5. The number of rotatable bonds is 6. The van der Waals surface area contributed by atoms with Crippen LogP contribution in [0, 0.1) is 13.8 Å². The Hall–Kier alpha value is -3.00. The Morgan fingerprint density at radius 3 is 2.44 bits per heavy atom. The summed E-state index contributed by atoms with van der Waals surface area (Å²) in [6.45, 7) is 9.08. The van der Waals surface area contributed by atoms with Crippen LogP contribution in [0.5, 0.6) is 0 Å². The summed E-state index contributed by atoms with van der Waals surface area (Å²) < 4.78 is 3.03. The molecule has 1 aromatic carbocycles. The topological polar surface area (TPSA) is 85.1 Å². The van der Waals surface area contributed by atoms with Crippen molar-refractivity contribution in [2.45, 2.75) is 52.5 Å². The van der Waals surface area contributed by atoms with Crippen molar-refractivity contribution < 1.29 is 4.79 Å². The van der Waals surface area contributed by atoms with Gasteiger partial charge in [0.1, 0.15) is 6.04 Å². The van der Waals surface area contributed by atoms with Gasteiger partial charge >= 0.3 is 0 Å². The van der Waals surface area contributed by atoms with Gasteiger partial charge in [-0.1, -0.05) is 31.0 Å². The molecule has 1 saturated heterocycles. The highest BCUT2D eigenvalue weighted by molar-refractivity contribution is 5.84. The Morgan fingerprint density at radius 2 is 1.75 bits per heavy atom. The molecule has 1 amide bonds. The maximum atomic E-state index is 13.2. The fourth-order valence-electron chi connectivity index (χ4n) is 4.49. The van der Waals surface area contributed by atoms with Crippen LogP contribution < -0.4 is 10.9 Å². The van der Waals surface area contributed by atoms with Gasteiger partial charge in [-0.25, -0.2) is 9.36 Å². The highest BCUT2D eigenvalue weighted by Gasteiger charge is 2.23. The first-order valence-electron chi connectivity index (χ1n) is 11.5. The molecule has 0 aliphatic carbocycles. The van der Waals surface area contributed by atoms with Crippen LogP contribution in [0.3, 0.4) is 0 Å². The number of hydrogen-bond acceptors (Lipinski definition) is 5. The van der Waals surface area contributed by atoms with Gasteiger partial charge in [0.25, 0.3) is 5.56 Å². The molecule has 1 atom stereocenters. The summed E-state index contributed by atoms with van der Waals surface area (Å²) in [5.74, 6) is -0.201. The highest BCUT2D eigenvalue weighted by atomic mass is 16.2. The van der Waals surface area contributed by atoms with E-state index in [0.29, 0.717) is 17.8 Å². The number of hydrogen-bond donors (Lipinski definition) is 1. The van der Waals surface area contributed by atoms with E-state index < -0.39 is 6.04 Å². The van der Waals surface area contributed by atoms with Crippen molar-refractivity contribution in [1.82, 2.24) is 29.8 Å². The Morgan fingerprint density at radius 1 is 1.06 bits per heavy atom. The SMILES string of the molecule is Cc1nn([C@H](C)C(=O)NCCN2CCCCCC2)c(=O)c2nn(-c3ccccc3)c(C)c12. The molecule has 0 saturated carbocycles. The van der Waals surface area contributed by atoms with Crippen molar-refractivity contribution in [3.05, 3.63) is 52.1 Å². The van der Waals surface area contributed by atoms with E-state index in [2.05, 4.69) is 20.4 Å². The number of aromatic nitrogens is 4. The molecule has 8 heteroatoms. The fourth-order valence-corrected chi connectivity index (χ4v) is 4.49. The quantitative estimate of drug-likeness (QED) is 0.642. The lowest BCUT2D eigenvalue weighted by molar-refractivity contribution is -0.124. The number of amides is 1. The van der Waals surface area contributed by atoms with Crippen LogP contribution >= 0.6 is 0 Å². The number of para-hydroxylation sites is 1. The van der Waals surface area contributed by atoms with Gasteiger partial charge in [-0.3, -0.25) is 9.59 Å². The second-order valence-electron chi connectivity index (χ2n) is 8.61. The second-order valence-corrected chi connectivity index (χ2v) is 8.61. The minimum Gasteiger partial charge on any atom is -0.353 e. The van der Waals surface area contributed by atoms with E-state index in [1.54, 1.807) is 11.6 Å². The van der Waals surface area contributed by atoms with Crippen LogP contribution in [0.15, 0.2) is 35.1 Å². The minimum atomic E-state index is -0.711. The number of benzene rings is 1. The van der Waals surface area contributed by atoms with Crippen molar-refractivity contribution in [2.75, 3.05) is 26.2 Å². The van der Waals surface area contributed by atoms with Gasteiger partial charge in [0.05, 0.1) is 22.5 Å². The third-order valence-corrected chi connectivity index (χ3v) is 6.32. The predicted octanol–water partition coefficient (Wildman–Crippen LogP) is 2.75. The summed E-state index contributed by atoms with van der Waals surface area (Å²) in [6, 6.07) is 8.98. The van der Waals surface area contributed by atoms with Gasteiger partial charge in [-0.05, 0) is 58.8 Å². The van der Waals surface area contributed by atoms with E-state index in [0.717, 1.165) is 36.4 Å². The second kappa shape index (κ2) is 9.65. The van der Waals surface area contributed by atoms with E-state index in [9.17, 15) is 9.59 Å². The number of aryl methyl sites for hydroxylation is 2. The third-order valence-electron chi connectivity index (χ3n) is 6.32. The number of nitrogens with one attached hydrogen (secondary N) is 1. The molecule has 1 aliphatic rings. The lowest BCUT2D eigenvalue weighted by Crippen LogP contribution is -2.41. The summed E-state index contributed by atoms with van der Waals surface area (Å²) >= 11 is 0. The zero-order chi connectivity index (χ0) is 22.7. The van der Waals surface area contributed by atoms with Gasteiger partial charge in [0, 0.05) is 13.1 Å². The third kappa shape index (κ3) is 4.46. The molecule has 170 valence electrons. The zero-order valence-electron chi connectivity index (χ0n) is 19.2. The van der Waals surface area contributed by atoms with Crippen molar-refractivity contribution in [3.8, 4) is 5.69 Å². The molecule has 32 heavy (non-hydrogen) atoms. The Balaban J connectivity index is 1.54. The average molecular weight is 437 g/mol. The highest BCUT2D eigenvalue weighted by Crippen LogP contribution is 2.21. The average Bonchev–Trinajstić information content (AvgIpc) is 2.96. The minimum absolute atomic E-state index is 0.201. The van der Waals surface area contributed by atoms with Gasteiger partial charge in [0.2, 0.25) is 5.91 Å². The van der Waals surface area contributed by atoms with Gasteiger partial charge < -0.3 is 10.2 Å². The molecule has 3 aromatic rings. The van der Waals surface area contributed by atoms with Crippen LogP contribution in [0.4, 0.5) is 0 Å². The molecule has 3 heterocycles. The largest absolute Gasteiger partial charge is 0.353 e. The molecular weight excluding hydrogens is 404 g/mol. The summed E-state index contributed by atoms with van der Waals surface area (Å²) in [5, 5.41) is 12.8. The number of fused-ring (bicyclic) bond motifs is 1. The van der Waals surface area contributed by atoms with Crippen molar-refractivity contribution in [3.63, 3.8) is 0 Å². The van der Waals surface area contributed by atoms with Gasteiger partial charge in [0.15, 0.2) is 5.52 Å². The predicted molar refractivity (Wildman–Crippen MR) is 125 cm³/mol. The molecule has 8 nitrogen and oxygen atoms in total. The monoisotopic (exact) mass is 436 g/mol. The van der Waals surface area contributed by atoms with E-state index in [4.69, 9.17) is 0 Å². The molecule has 1 N–H and O–H groups in total. The van der Waals surface area contributed by atoms with Crippen LogP contribution in [0.1, 0.15) is 50.0 Å². The summed E-state index contributed by atoms with van der Waals surface area (Å²) in [5.41, 5.74) is 2.41.